The number of ether oxygens (including phenoxy) is 1. The molecule has 0 aromatic heterocycles. The van der Waals surface area contributed by atoms with Crippen molar-refractivity contribution < 1.29 is 19.4 Å². The Labute approximate surface area is 142 Å². The molecule has 0 aliphatic carbocycles. The summed E-state index contributed by atoms with van der Waals surface area (Å²) in [5.41, 5.74) is 2.19. The van der Waals surface area contributed by atoms with Gasteiger partial charge < -0.3 is 14.7 Å². The van der Waals surface area contributed by atoms with Crippen molar-refractivity contribution in [2.24, 2.45) is 5.92 Å². The maximum absolute atomic E-state index is 12.6. The maximum atomic E-state index is 12.6. The number of Topliss-reactive ketones (excluding diaryl/α,β-unsaturated/α-hetero) is 1. The summed E-state index contributed by atoms with van der Waals surface area (Å²) in [6, 6.07) is 7.25. The third kappa shape index (κ3) is 3.36. The number of aliphatic hydroxyl groups excluding tert-OH is 1. The number of ketones is 1. The lowest BCUT2D eigenvalue weighted by Crippen LogP contribution is -2.34. The first kappa shape index (κ1) is 18.2. The summed E-state index contributed by atoms with van der Waals surface area (Å²) >= 11 is 0. The number of aliphatic hydroxyl groups is 1. The predicted octanol–water partition coefficient (Wildman–Crippen LogP) is 2.82. The van der Waals surface area contributed by atoms with E-state index in [0.29, 0.717) is 13.2 Å². The third-order valence-electron chi connectivity index (χ3n) is 4.33. The van der Waals surface area contributed by atoms with E-state index >= 15 is 0 Å². The summed E-state index contributed by atoms with van der Waals surface area (Å²) in [4.78, 5) is 26.6. The highest BCUT2D eigenvalue weighted by atomic mass is 16.5. The second-order valence-corrected chi connectivity index (χ2v) is 6.27. The van der Waals surface area contributed by atoms with E-state index in [1.165, 1.54) is 10.5 Å². The Morgan fingerprint density at radius 3 is 2.42 bits per heavy atom. The van der Waals surface area contributed by atoms with E-state index in [9.17, 15) is 14.7 Å². The van der Waals surface area contributed by atoms with Gasteiger partial charge in [-0.05, 0) is 17.5 Å². The zero-order chi connectivity index (χ0) is 17.9. The van der Waals surface area contributed by atoms with Crippen LogP contribution < -0.4 is 0 Å². The number of hydrogen-bond acceptors (Lipinski definition) is 4. The van der Waals surface area contributed by atoms with Gasteiger partial charge in [-0.15, -0.1) is 0 Å². The quantitative estimate of drug-likeness (QED) is 0.834. The lowest BCUT2D eigenvalue weighted by molar-refractivity contribution is -0.130. The molecule has 5 nitrogen and oxygen atoms in total. The highest BCUT2D eigenvalue weighted by molar-refractivity contribution is 6.09. The van der Waals surface area contributed by atoms with E-state index in [0.717, 1.165) is 12.0 Å². The number of carbonyl (C=O) groups is 2. The van der Waals surface area contributed by atoms with Gasteiger partial charge in [0.25, 0.3) is 5.91 Å². The van der Waals surface area contributed by atoms with Crippen LogP contribution in [0.3, 0.4) is 0 Å². The van der Waals surface area contributed by atoms with E-state index in [2.05, 4.69) is 6.92 Å². The van der Waals surface area contributed by atoms with Crippen molar-refractivity contribution >= 4 is 11.7 Å². The average molecular weight is 331 g/mol. The van der Waals surface area contributed by atoms with Crippen molar-refractivity contribution in [1.29, 1.82) is 0 Å². The van der Waals surface area contributed by atoms with Crippen molar-refractivity contribution in [3.05, 3.63) is 46.7 Å². The highest BCUT2D eigenvalue weighted by Gasteiger charge is 2.43. The van der Waals surface area contributed by atoms with E-state index in [-0.39, 0.29) is 17.3 Å². The van der Waals surface area contributed by atoms with Crippen molar-refractivity contribution in [3.8, 4) is 0 Å². The molecule has 1 aromatic carbocycles. The smallest absolute Gasteiger partial charge is 0.290 e. The van der Waals surface area contributed by atoms with Crippen LogP contribution in [0.2, 0.25) is 0 Å². The van der Waals surface area contributed by atoms with E-state index in [4.69, 9.17) is 4.74 Å². The molecule has 0 radical (unpaired) electrons. The van der Waals surface area contributed by atoms with Crippen LogP contribution in [0.1, 0.15) is 37.9 Å². The molecule has 1 amide bonds. The fraction of sp³-hybridized carbons (Fsp3) is 0.474. The molecule has 0 saturated heterocycles. The monoisotopic (exact) mass is 331 g/mol. The molecule has 1 aliphatic rings. The maximum Gasteiger partial charge on any atom is 0.290 e. The first-order valence-corrected chi connectivity index (χ1v) is 8.28. The molecule has 1 atom stereocenters. The molecular weight excluding hydrogens is 306 g/mol. The minimum Gasteiger partial charge on any atom is -0.503 e. The van der Waals surface area contributed by atoms with Gasteiger partial charge in [0.1, 0.15) is 0 Å². The van der Waals surface area contributed by atoms with E-state index < -0.39 is 17.7 Å². The Kier molecular flexibility index (Phi) is 5.78. The molecule has 1 aliphatic heterocycles. The van der Waals surface area contributed by atoms with Gasteiger partial charge >= 0.3 is 0 Å². The Bertz CT molecular complexity index is 646. The number of benzene rings is 1. The van der Waals surface area contributed by atoms with E-state index in [1.807, 2.05) is 24.3 Å². The zero-order valence-corrected chi connectivity index (χ0v) is 14.7. The van der Waals surface area contributed by atoms with E-state index in [1.54, 1.807) is 21.0 Å². The summed E-state index contributed by atoms with van der Waals surface area (Å²) in [5, 5.41) is 10.3. The molecule has 130 valence electrons. The SMILES string of the molecule is CCc1ccc(C2C(C(=O)C(C)C)=C(O)C(=O)N2CCOC)cc1. The van der Waals surface area contributed by atoms with Gasteiger partial charge in [0.2, 0.25) is 0 Å². The summed E-state index contributed by atoms with van der Waals surface area (Å²) in [6.07, 6.45) is 0.913. The second-order valence-electron chi connectivity index (χ2n) is 6.27. The zero-order valence-electron chi connectivity index (χ0n) is 14.7. The predicted molar refractivity (Wildman–Crippen MR) is 91.6 cm³/mol. The number of nitrogens with zero attached hydrogens (tertiary/aromatic N) is 1. The summed E-state index contributed by atoms with van der Waals surface area (Å²) in [6.45, 7) is 6.25. The Hall–Kier alpha value is -2.14. The molecule has 1 aromatic rings. The van der Waals surface area contributed by atoms with Crippen LogP contribution in [0.4, 0.5) is 0 Å². The van der Waals surface area contributed by atoms with Crippen LogP contribution in [0, 0.1) is 5.92 Å². The Balaban J connectivity index is 2.48. The standard InChI is InChI=1S/C19H25NO4/c1-5-13-6-8-14(9-7-13)16-15(17(21)12(2)3)18(22)19(23)20(16)10-11-24-4/h6-9,12,16,22H,5,10-11H2,1-4H3. The van der Waals surface area contributed by atoms with Gasteiger partial charge in [0.05, 0.1) is 18.2 Å². The average Bonchev–Trinajstić information content (AvgIpc) is 2.83. The van der Waals surface area contributed by atoms with Crippen molar-refractivity contribution in [3.63, 3.8) is 0 Å². The molecule has 1 N–H and O–H groups in total. The van der Waals surface area contributed by atoms with Gasteiger partial charge in [-0.3, -0.25) is 9.59 Å². The molecule has 1 unspecified atom stereocenters. The van der Waals surface area contributed by atoms with Crippen LogP contribution in [-0.4, -0.2) is 42.0 Å². The molecule has 1 heterocycles. The minimum absolute atomic E-state index is 0.190. The molecule has 24 heavy (non-hydrogen) atoms. The second kappa shape index (κ2) is 7.62. The fourth-order valence-electron chi connectivity index (χ4n) is 2.92. The topological polar surface area (TPSA) is 66.8 Å². The first-order valence-electron chi connectivity index (χ1n) is 8.28. The van der Waals surface area contributed by atoms with Gasteiger partial charge in [-0.2, -0.15) is 0 Å². The molecular formula is C19H25NO4. The molecule has 5 heteroatoms. The summed E-state index contributed by atoms with van der Waals surface area (Å²) in [7, 11) is 1.55. The van der Waals surface area contributed by atoms with Crippen LogP contribution in [0.5, 0.6) is 0 Å². The number of rotatable bonds is 7. The number of carbonyl (C=O) groups excluding carboxylic acids is 2. The first-order chi connectivity index (χ1) is 11.4. The summed E-state index contributed by atoms with van der Waals surface area (Å²) < 4.78 is 5.07. The lowest BCUT2D eigenvalue weighted by atomic mass is 9.91. The van der Waals surface area contributed by atoms with Crippen molar-refractivity contribution in [2.45, 2.75) is 33.2 Å². The molecule has 0 bridgehead atoms. The molecule has 2 rings (SSSR count). The van der Waals surface area contributed by atoms with Gasteiger partial charge in [0.15, 0.2) is 11.5 Å². The minimum atomic E-state index is -0.562. The highest BCUT2D eigenvalue weighted by Crippen LogP contribution is 2.38. The van der Waals surface area contributed by atoms with Gasteiger partial charge in [-0.1, -0.05) is 45.0 Å². The van der Waals surface area contributed by atoms with Crippen LogP contribution in [0.15, 0.2) is 35.6 Å². The van der Waals surface area contributed by atoms with Crippen molar-refractivity contribution in [1.82, 2.24) is 4.90 Å². The van der Waals surface area contributed by atoms with Gasteiger partial charge in [-0.25, -0.2) is 0 Å². The third-order valence-corrected chi connectivity index (χ3v) is 4.33. The van der Waals surface area contributed by atoms with Gasteiger partial charge in [0, 0.05) is 19.6 Å². The number of amides is 1. The van der Waals surface area contributed by atoms with Crippen LogP contribution in [-0.2, 0) is 20.7 Å². The number of methoxy groups -OCH3 is 1. The summed E-state index contributed by atoms with van der Waals surface area (Å²) in [5.74, 6) is -1.45. The largest absolute Gasteiger partial charge is 0.503 e. The normalized spacial score (nSPS) is 18.0. The number of aryl methyl sites for hydroxylation is 1. The molecule has 0 fully saturated rings. The lowest BCUT2D eigenvalue weighted by Gasteiger charge is -2.27. The Morgan fingerprint density at radius 1 is 1.29 bits per heavy atom. The van der Waals surface area contributed by atoms with Crippen LogP contribution >= 0.6 is 0 Å². The van der Waals surface area contributed by atoms with Crippen molar-refractivity contribution in [2.75, 3.05) is 20.3 Å². The molecule has 0 spiro atoms. The fourth-order valence-corrected chi connectivity index (χ4v) is 2.92. The van der Waals surface area contributed by atoms with Crippen LogP contribution in [0.25, 0.3) is 0 Å². The number of hydrogen-bond donors (Lipinski definition) is 1. The Morgan fingerprint density at radius 2 is 1.92 bits per heavy atom. The molecule has 0 saturated carbocycles.